The number of benzene rings is 5. The van der Waals surface area contributed by atoms with Crippen molar-refractivity contribution in [1.29, 1.82) is 0 Å². The van der Waals surface area contributed by atoms with E-state index < -0.39 is 64.7 Å². The number of nitrogens with zero attached hydrogens (tertiary/aromatic N) is 5. The molecule has 2 atom stereocenters. The first-order valence-corrected chi connectivity index (χ1v) is 34.0. The van der Waals surface area contributed by atoms with Crippen LogP contribution in [0.3, 0.4) is 0 Å². The Bertz CT molecular complexity index is 3730. The van der Waals surface area contributed by atoms with Crippen LogP contribution in [-0.4, -0.2) is 155 Å². The van der Waals surface area contributed by atoms with Gasteiger partial charge in [0.25, 0.3) is 31.7 Å². The molecule has 5 aromatic carbocycles. The van der Waals surface area contributed by atoms with Crippen molar-refractivity contribution >= 4 is 83.8 Å². The highest BCUT2D eigenvalue weighted by molar-refractivity contribution is 7.99. The molecule has 0 bridgehead atoms. The number of hydrogen-bond donors (Lipinski definition) is 3. The predicted molar refractivity (Wildman–Crippen MR) is 336 cm³/mol. The summed E-state index contributed by atoms with van der Waals surface area (Å²) in [6.45, 7) is 13.0. The molecule has 16 nitrogen and oxygen atoms in total. The van der Waals surface area contributed by atoms with E-state index >= 15 is 0 Å². The zero-order valence-corrected chi connectivity index (χ0v) is 52.4. The highest BCUT2D eigenvalue weighted by Gasteiger charge is 2.49. The van der Waals surface area contributed by atoms with Gasteiger partial charge < -0.3 is 24.9 Å². The van der Waals surface area contributed by atoms with E-state index in [0.717, 1.165) is 112 Å². The smallest absolute Gasteiger partial charge is 0.380 e. The minimum absolute atomic E-state index is 0.0212. The van der Waals surface area contributed by atoms with Crippen LogP contribution < -0.4 is 20.3 Å². The number of hydrogen-bond acceptors (Lipinski definition) is 14. The number of sulfone groups is 1. The molecule has 23 heteroatoms. The summed E-state index contributed by atoms with van der Waals surface area (Å²) in [5, 5.41) is 6.09. The molecule has 0 radical (unpaired) electrons. The second kappa shape index (κ2) is 27.6. The number of halogens is 4. The Morgan fingerprint density at radius 2 is 1.51 bits per heavy atom. The first kappa shape index (κ1) is 64.3. The lowest BCUT2D eigenvalue weighted by atomic mass is 9.73. The molecule has 10 rings (SSSR count). The number of allylic oxidation sites excluding steroid dienone is 1. The third-order valence-corrected chi connectivity index (χ3v) is 21.4. The normalized spacial score (nSPS) is 19.2. The molecule has 0 saturated carbocycles. The van der Waals surface area contributed by atoms with E-state index in [1.54, 1.807) is 24.3 Å². The van der Waals surface area contributed by atoms with Crippen LogP contribution in [0, 0.1) is 17.3 Å². The van der Waals surface area contributed by atoms with E-state index in [2.05, 4.69) is 68.1 Å². The maximum atomic E-state index is 14.5. The van der Waals surface area contributed by atoms with Gasteiger partial charge in [-0.25, -0.2) is 21.6 Å². The minimum atomic E-state index is -6.13. The molecule has 4 amide bonds. The SMILES string of the molecule is CC1(C)CCC(c2ccc(Cl)cc2)=C(CN2CCN(c3ccc(C(=O)NS(=O)(=O)c4ccc(N[C@H](CCN5CCN(CCCC#Cc6cccc7c6CN(C6CCC(=O)NC6=O)C7=O)CC5)CSc5ccccc5)c(S(=O)(=O)C(F)(F)F)c4)cc3)CC2)C1. The number of piperazine rings is 2. The van der Waals surface area contributed by atoms with Crippen molar-refractivity contribution in [2.75, 3.05) is 88.0 Å². The average molecular weight is 1280 g/mol. The van der Waals surface area contributed by atoms with Crippen LogP contribution in [0.25, 0.3) is 5.57 Å². The van der Waals surface area contributed by atoms with Crippen molar-refractivity contribution in [3.63, 3.8) is 0 Å². The highest BCUT2D eigenvalue weighted by atomic mass is 35.5. The van der Waals surface area contributed by atoms with Crippen LogP contribution in [-0.2, 0) is 36.0 Å². The van der Waals surface area contributed by atoms with Gasteiger partial charge in [-0.15, -0.1) is 11.8 Å². The number of thioether (sulfide) groups is 1. The molecular weight excluding hydrogens is 1210 g/mol. The third kappa shape index (κ3) is 15.6. The Balaban J connectivity index is 0.738. The van der Waals surface area contributed by atoms with Gasteiger partial charge in [0.1, 0.15) is 10.9 Å². The molecule has 1 unspecified atom stereocenters. The Hall–Kier alpha value is -6.71. The molecule has 0 aromatic heterocycles. The number of amides is 4. The van der Waals surface area contributed by atoms with E-state index in [-0.39, 0.29) is 42.2 Å². The summed E-state index contributed by atoms with van der Waals surface area (Å²) in [7, 11) is -11.0. The van der Waals surface area contributed by atoms with E-state index in [1.807, 2.05) is 53.3 Å². The lowest BCUT2D eigenvalue weighted by molar-refractivity contribution is -0.136. The number of carbonyl (C=O) groups is 4. The van der Waals surface area contributed by atoms with Gasteiger partial charge in [0.05, 0.1) is 10.6 Å². The number of unbranched alkanes of at least 4 members (excludes halogenated alkanes) is 1. The number of sulfonamides is 1. The Kier molecular flexibility index (Phi) is 20.1. The second-order valence-electron chi connectivity index (χ2n) is 23.9. The van der Waals surface area contributed by atoms with Gasteiger partial charge in [-0.1, -0.05) is 79.3 Å². The molecule has 0 spiro atoms. The first-order valence-electron chi connectivity index (χ1n) is 29.7. The monoisotopic (exact) mass is 1280 g/mol. The molecule has 3 saturated heterocycles. The Morgan fingerprint density at radius 1 is 0.818 bits per heavy atom. The number of fused-ring (bicyclic) bond motifs is 1. The van der Waals surface area contributed by atoms with Crippen LogP contribution in [0.4, 0.5) is 24.5 Å². The fourth-order valence-corrected chi connectivity index (χ4v) is 15.3. The van der Waals surface area contributed by atoms with Gasteiger partial charge in [-0.3, -0.25) is 29.4 Å². The maximum absolute atomic E-state index is 14.5. The van der Waals surface area contributed by atoms with Crippen LogP contribution in [0.2, 0.25) is 5.02 Å². The van der Waals surface area contributed by atoms with E-state index in [9.17, 15) is 49.2 Å². The van der Waals surface area contributed by atoms with Gasteiger partial charge >= 0.3 is 5.51 Å². The van der Waals surface area contributed by atoms with Crippen LogP contribution in [0.15, 0.2) is 136 Å². The number of nitrogens with one attached hydrogen (secondary N) is 3. The molecule has 5 aliphatic rings. The van der Waals surface area contributed by atoms with E-state index in [4.69, 9.17) is 11.6 Å². The summed E-state index contributed by atoms with van der Waals surface area (Å²) >= 11 is 7.65. The van der Waals surface area contributed by atoms with Gasteiger partial charge in [0.2, 0.25) is 11.8 Å². The lowest BCUT2D eigenvalue weighted by Crippen LogP contribution is -2.52. The summed E-state index contributed by atoms with van der Waals surface area (Å²) in [4.78, 5) is 60.6. The zero-order chi connectivity index (χ0) is 62.4. The maximum Gasteiger partial charge on any atom is 0.501 e. The molecule has 1 aliphatic carbocycles. The summed E-state index contributed by atoms with van der Waals surface area (Å²) in [6, 6.07) is 30.3. The summed E-state index contributed by atoms with van der Waals surface area (Å²) in [5.74, 6) is 4.69. The topological polar surface area (TPSA) is 189 Å². The largest absolute Gasteiger partial charge is 0.501 e. The van der Waals surface area contributed by atoms with Gasteiger partial charge in [-0.05, 0) is 146 Å². The molecular formula is C65H72ClF3N8O8S3. The van der Waals surface area contributed by atoms with Crippen molar-refractivity contribution in [3.8, 4) is 11.8 Å². The highest BCUT2D eigenvalue weighted by Crippen LogP contribution is 2.43. The van der Waals surface area contributed by atoms with Crippen LogP contribution >= 0.6 is 23.4 Å². The van der Waals surface area contributed by atoms with Gasteiger partial charge in [-0.2, -0.15) is 13.2 Å². The molecule has 466 valence electrons. The molecule has 5 aromatic rings. The number of piperidine rings is 1. The van der Waals surface area contributed by atoms with Crippen molar-refractivity contribution in [3.05, 3.63) is 154 Å². The number of imide groups is 1. The van der Waals surface area contributed by atoms with Crippen LogP contribution in [0.1, 0.15) is 103 Å². The Labute approximate surface area is 522 Å². The zero-order valence-electron chi connectivity index (χ0n) is 49.2. The van der Waals surface area contributed by atoms with Crippen molar-refractivity contribution in [2.45, 2.75) is 104 Å². The van der Waals surface area contributed by atoms with Crippen molar-refractivity contribution in [1.82, 2.24) is 29.6 Å². The van der Waals surface area contributed by atoms with Crippen molar-refractivity contribution in [2.24, 2.45) is 5.41 Å². The molecule has 3 N–H and O–H groups in total. The summed E-state index contributed by atoms with van der Waals surface area (Å²) in [6.07, 6.45) is 5.36. The van der Waals surface area contributed by atoms with Gasteiger partial charge in [0.15, 0.2) is 0 Å². The Morgan fingerprint density at radius 3 is 2.20 bits per heavy atom. The quantitative estimate of drug-likeness (QED) is 0.0289. The standard InChI is InChI=1S/C65H72ClF3N8O8S3/c1-64(2)29-27-54(46-15-19-49(66)20-16-46)48(41-64)42-75-36-38-76(39-37-75)51-21-17-47(18-22-51)61(79)72-88(84,85)53-23-24-57(59(40-53)87(82,83)65(67,68)69)70-50(44-86-52-12-6-3-7-13-52)28-31-74-34-32-73(33-35-74)30-8-4-5-10-45-11-9-14-55-56(45)43-77(63(55)81)58-25-26-60(78)71-62(58)80/h3,6-7,9,11-24,40,50,58,70H,4,8,25-39,41-44H2,1-2H3,(H,72,79)(H,71,78,80)/t50-,58?/m1/s1. The summed E-state index contributed by atoms with van der Waals surface area (Å²) in [5.41, 5.74) is 0.824. The molecule has 3 fully saturated rings. The number of rotatable bonds is 20. The van der Waals surface area contributed by atoms with Crippen LogP contribution in [0.5, 0.6) is 0 Å². The third-order valence-electron chi connectivity index (χ3n) is 17.1. The first-order chi connectivity index (χ1) is 42.0. The number of alkyl halides is 3. The number of anilines is 2. The molecule has 4 heterocycles. The van der Waals surface area contributed by atoms with Crippen molar-refractivity contribution < 1.29 is 49.2 Å². The predicted octanol–water partition coefficient (Wildman–Crippen LogP) is 9.71. The molecule has 88 heavy (non-hydrogen) atoms. The fourth-order valence-electron chi connectivity index (χ4n) is 12.2. The van der Waals surface area contributed by atoms with E-state index in [0.29, 0.717) is 54.9 Å². The van der Waals surface area contributed by atoms with E-state index in [1.165, 1.54) is 45.5 Å². The minimum Gasteiger partial charge on any atom is -0.380 e. The fraction of sp³-hybridized carbons (Fsp3) is 0.415. The second-order valence-corrected chi connectivity index (χ2v) is 29.0. The molecule has 4 aliphatic heterocycles. The average Bonchev–Trinajstić information content (AvgIpc) is 1.47. The summed E-state index contributed by atoms with van der Waals surface area (Å²) < 4.78 is 99.8. The van der Waals surface area contributed by atoms with Gasteiger partial charge in [0, 0.05) is 129 Å². The number of carbonyl (C=O) groups excluding carboxylic acids is 4. The lowest BCUT2D eigenvalue weighted by Gasteiger charge is -2.39.